The lowest BCUT2D eigenvalue weighted by Gasteiger charge is -2.24. The van der Waals surface area contributed by atoms with E-state index in [2.05, 4.69) is 16.9 Å². The lowest BCUT2D eigenvalue weighted by molar-refractivity contribution is -0.0629. The lowest BCUT2D eigenvalue weighted by atomic mass is 10.1. The van der Waals surface area contributed by atoms with Gasteiger partial charge in [0.25, 0.3) is 0 Å². The van der Waals surface area contributed by atoms with Gasteiger partial charge in [-0.05, 0) is 6.42 Å². The summed E-state index contributed by atoms with van der Waals surface area (Å²) in [5.41, 5.74) is 1.13. The van der Waals surface area contributed by atoms with Gasteiger partial charge < -0.3 is 23.7 Å². The number of ether oxygens (including phenoxy) is 3. The average Bonchev–Trinajstić information content (AvgIpc) is 3.18. The van der Waals surface area contributed by atoms with Gasteiger partial charge in [0.15, 0.2) is 11.9 Å². The summed E-state index contributed by atoms with van der Waals surface area (Å²) in [4.78, 5) is 18.6. The van der Waals surface area contributed by atoms with Gasteiger partial charge in [-0.2, -0.15) is 0 Å². The maximum Gasteiger partial charge on any atom is 0.325 e. The number of fused-ring (bicyclic) bond motifs is 1. The van der Waals surface area contributed by atoms with E-state index in [-0.39, 0.29) is 6.61 Å². The minimum absolute atomic E-state index is 0.171. The number of methoxy groups -OCH3 is 2. The number of aromatic nitrogens is 4. The summed E-state index contributed by atoms with van der Waals surface area (Å²) in [5.74, 6) is 0. The molecule has 0 amide bonds. The third kappa shape index (κ3) is 4.20. The van der Waals surface area contributed by atoms with Gasteiger partial charge in [-0.1, -0.05) is 19.1 Å². The van der Waals surface area contributed by atoms with Crippen LogP contribution in [0.5, 0.6) is 0 Å². The molecule has 12 heteroatoms. The van der Waals surface area contributed by atoms with Crippen LogP contribution in [0.25, 0.3) is 11.2 Å². The van der Waals surface area contributed by atoms with Crippen LogP contribution < -0.4 is 0 Å². The third-order valence-corrected chi connectivity index (χ3v) is 5.56. The van der Waals surface area contributed by atoms with Crippen molar-refractivity contribution in [3.05, 3.63) is 17.3 Å². The van der Waals surface area contributed by atoms with Crippen LogP contribution in [0.1, 0.15) is 19.6 Å². The third-order valence-electron chi connectivity index (χ3n) is 4.50. The highest BCUT2D eigenvalue weighted by atomic mass is 32.1. The summed E-state index contributed by atoms with van der Waals surface area (Å²) in [6, 6.07) is 0. The normalized spacial score (nSPS) is 27.3. The molecule has 0 radical (unpaired) electrons. The van der Waals surface area contributed by atoms with Crippen molar-refractivity contribution in [2.75, 3.05) is 27.5 Å². The van der Waals surface area contributed by atoms with Crippen LogP contribution in [-0.4, -0.2) is 69.8 Å². The second kappa shape index (κ2) is 8.66. The van der Waals surface area contributed by atoms with Crippen LogP contribution in [0, 0.1) is 4.64 Å². The summed E-state index contributed by atoms with van der Waals surface area (Å²) < 4.78 is 38.3. The number of imidazole rings is 1. The predicted molar refractivity (Wildman–Crippen MR) is 104 cm³/mol. The van der Waals surface area contributed by atoms with E-state index < -0.39 is 32.1 Å². The van der Waals surface area contributed by atoms with Crippen molar-refractivity contribution in [3.8, 4) is 0 Å². The molecule has 0 aromatic carbocycles. The summed E-state index contributed by atoms with van der Waals surface area (Å²) in [6.07, 6.45) is 1.44. The molecule has 2 aromatic rings. The van der Waals surface area contributed by atoms with E-state index in [0.29, 0.717) is 15.8 Å². The van der Waals surface area contributed by atoms with Crippen molar-refractivity contribution in [1.82, 2.24) is 19.1 Å². The first-order valence-electron chi connectivity index (χ1n) is 8.88. The second-order valence-corrected chi connectivity index (χ2v) is 8.86. The molecule has 3 rings (SSSR count). The molecule has 0 spiro atoms. The summed E-state index contributed by atoms with van der Waals surface area (Å²) in [6.45, 7) is 4.11. The van der Waals surface area contributed by atoms with Crippen molar-refractivity contribution >= 4 is 31.0 Å². The Hall–Kier alpha value is -1.20. The van der Waals surface area contributed by atoms with Crippen molar-refractivity contribution in [3.63, 3.8) is 0 Å². The van der Waals surface area contributed by atoms with Crippen molar-refractivity contribution in [1.29, 1.82) is 0 Å². The van der Waals surface area contributed by atoms with Crippen LogP contribution >= 0.6 is 19.8 Å². The first-order chi connectivity index (χ1) is 13.3. The number of hydrogen-bond acceptors (Lipinski definition) is 8. The Kier molecular flexibility index (Phi) is 6.65. The summed E-state index contributed by atoms with van der Waals surface area (Å²) in [5, 5.41) is 0. The van der Waals surface area contributed by atoms with Gasteiger partial charge in [0.1, 0.15) is 28.5 Å². The van der Waals surface area contributed by atoms with E-state index in [1.54, 1.807) is 17.2 Å². The Morgan fingerprint density at radius 1 is 1.32 bits per heavy atom. The Labute approximate surface area is 167 Å². The fourth-order valence-electron chi connectivity index (χ4n) is 3.37. The van der Waals surface area contributed by atoms with Gasteiger partial charge >= 0.3 is 7.60 Å². The quantitative estimate of drug-likeness (QED) is 0.495. The van der Waals surface area contributed by atoms with Gasteiger partial charge in [0.2, 0.25) is 0 Å². The van der Waals surface area contributed by atoms with E-state index in [4.69, 9.17) is 31.0 Å². The van der Waals surface area contributed by atoms with Gasteiger partial charge in [0.05, 0.1) is 19.3 Å². The smallest absolute Gasteiger partial charge is 0.325 e. The lowest BCUT2D eigenvalue weighted by Crippen LogP contribution is -2.37. The number of nitrogens with zero attached hydrogens (tertiary/aromatic N) is 4. The zero-order valence-electron chi connectivity index (χ0n) is 16.2. The summed E-state index contributed by atoms with van der Waals surface area (Å²) >= 11 is 5.53. The molecule has 1 unspecified atom stereocenters. The van der Waals surface area contributed by atoms with E-state index in [0.717, 1.165) is 19.6 Å². The first kappa shape index (κ1) is 21.5. The largest absolute Gasteiger partial charge is 0.382 e. The number of rotatable bonds is 8. The van der Waals surface area contributed by atoms with Crippen LogP contribution in [0.4, 0.5) is 0 Å². The number of hydrogen-bond donors (Lipinski definition) is 1. The zero-order valence-corrected chi connectivity index (χ0v) is 17.9. The maximum absolute atomic E-state index is 11.9. The minimum atomic E-state index is -3.78. The van der Waals surface area contributed by atoms with Gasteiger partial charge in [-0.3, -0.25) is 13.7 Å². The van der Waals surface area contributed by atoms with E-state index >= 15 is 0 Å². The fourth-order valence-corrected chi connectivity index (χ4v) is 4.36. The maximum atomic E-state index is 11.9. The zero-order chi connectivity index (χ0) is 20.5. The second-order valence-electron chi connectivity index (χ2n) is 6.66. The molecule has 0 saturated carbocycles. The number of aryl methyl sites for hydroxylation is 1. The topological polar surface area (TPSA) is 110 Å². The van der Waals surface area contributed by atoms with Crippen molar-refractivity contribution < 1.29 is 28.2 Å². The molecule has 5 atom stereocenters. The molecule has 28 heavy (non-hydrogen) atoms. The highest BCUT2D eigenvalue weighted by Gasteiger charge is 2.49. The monoisotopic (exact) mass is 432 g/mol. The molecule has 0 aliphatic carbocycles. The SMILES string of the molecule is CCCn1cnc2c(ncn2[C@@H]2O[C@H](COC)[C@@H](OP(C)(=O)O)[C@H]2OC)c1=S. The highest BCUT2D eigenvalue weighted by Crippen LogP contribution is 2.45. The van der Waals surface area contributed by atoms with Crippen LogP contribution in [0.2, 0.25) is 0 Å². The molecular weight excluding hydrogens is 407 g/mol. The van der Waals surface area contributed by atoms with E-state index in [9.17, 15) is 9.46 Å². The Bertz CT molecular complexity index is 927. The molecule has 1 fully saturated rings. The minimum Gasteiger partial charge on any atom is -0.382 e. The molecule has 1 saturated heterocycles. The predicted octanol–water partition coefficient (Wildman–Crippen LogP) is 2.13. The Balaban J connectivity index is 2.01. The van der Waals surface area contributed by atoms with Gasteiger partial charge in [-0.15, -0.1) is 0 Å². The van der Waals surface area contributed by atoms with Gasteiger partial charge in [0, 0.05) is 27.4 Å². The van der Waals surface area contributed by atoms with Crippen LogP contribution in [0.15, 0.2) is 12.7 Å². The molecule has 1 N–H and O–H groups in total. The van der Waals surface area contributed by atoms with E-state index in [1.807, 2.05) is 4.57 Å². The average molecular weight is 432 g/mol. The highest BCUT2D eigenvalue weighted by molar-refractivity contribution is 7.71. The van der Waals surface area contributed by atoms with E-state index in [1.165, 1.54) is 14.2 Å². The van der Waals surface area contributed by atoms with Crippen molar-refractivity contribution in [2.24, 2.45) is 0 Å². The fraction of sp³-hybridized carbons (Fsp3) is 0.688. The standard InChI is InChI=1S/C16H25N4O6PS/c1-5-6-19-8-18-14-11(16(19)28)17-9-20(14)15-13(24-3)12(26-27(4,21)22)10(25-15)7-23-2/h8-10,12-13,15H,5-7H2,1-4H3,(H,21,22)/t10-,12-,13-,15-/m1/s1. The van der Waals surface area contributed by atoms with Crippen LogP contribution in [0.3, 0.4) is 0 Å². The summed E-state index contributed by atoms with van der Waals surface area (Å²) in [7, 11) is -0.767. The molecule has 1 aliphatic heterocycles. The molecular formula is C16H25N4O6PS. The Morgan fingerprint density at radius 3 is 2.68 bits per heavy atom. The van der Waals surface area contributed by atoms with Crippen LogP contribution in [-0.2, 0) is 29.8 Å². The molecule has 1 aliphatic rings. The molecule has 156 valence electrons. The molecule has 3 heterocycles. The molecule has 2 aromatic heterocycles. The van der Waals surface area contributed by atoms with Crippen molar-refractivity contribution in [2.45, 2.75) is 44.4 Å². The van der Waals surface area contributed by atoms with Gasteiger partial charge in [-0.25, -0.2) is 9.97 Å². The molecule has 10 nitrogen and oxygen atoms in total. The Morgan fingerprint density at radius 2 is 2.07 bits per heavy atom. The molecule has 0 bridgehead atoms. The first-order valence-corrected chi connectivity index (χ1v) is 11.3.